The fourth-order valence-electron chi connectivity index (χ4n) is 2.59. The summed E-state index contributed by atoms with van der Waals surface area (Å²) in [6.07, 6.45) is 2.81. The summed E-state index contributed by atoms with van der Waals surface area (Å²) in [5.41, 5.74) is 5.76. The summed E-state index contributed by atoms with van der Waals surface area (Å²) < 4.78 is 11.0. The number of hydrogen-bond donors (Lipinski definition) is 2. The van der Waals surface area contributed by atoms with Gasteiger partial charge in [0.25, 0.3) is 0 Å². The number of amides is 1. The fraction of sp³-hybridized carbons (Fsp3) is 0.375. The van der Waals surface area contributed by atoms with Crippen LogP contribution in [0.15, 0.2) is 40.9 Å². The highest BCUT2D eigenvalue weighted by molar-refractivity contribution is 5.84. The second-order valence-electron chi connectivity index (χ2n) is 5.41. The first-order valence-corrected chi connectivity index (χ1v) is 7.32. The van der Waals surface area contributed by atoms with Crippen molar-refractivity contribution >= 4 is 5.91 Å². The molecule has 6 nitrogen and oxygen atoms in total. The van der Waals surface area contributed by atoms with E-state index in [0.29, 0.717) is 44.3 Å². The monoisotopic (exact) mass is 301 g/mol. The second-order valence-corrected chi connectivity index (χ2v) is 5.41. The predicted molar refractivity (Wildman–Crippen MR) is 80.8 cm³/mol. The van der Waals surface area contributed by atoms with E-state index in [2.05, 4.69) is 10.3 Å². The van der Waals surface area contributed by atoms with E-state index in [1.807, 2.05) is 30.3 Å². The van der Waals surface area contributed by atoms with Crippen LogP contribution in [0.25, 0.3) is 11.5 Å². The Balaban J connectivity index is 1.69. The molecule has 1 aliphatic heterocycles. The molecular formula is C16H19N3O3. The third-order valence-corrected chi connectivity index (χ3v) is 3.99. The Morgan fingerprint density at radius 1 is 1.27 bits per heavy atom. The lowest BCUT2D eigenvalue weighted by Crippen LogP contribution is -2.58. The Kier molecular flexibility index (Phi) is 4.22. The van der Waals surface area contributed by atoms with Gasteiger partial charge in [-0.15, -0.1) is 0 Å². The van der Waals surface area contributed by atoms with E-state index in [1.165, 1.54) is 0 Å². The van der Waals surface area contributed by atoms with Gasteiger partial charge >= 0.3 is 0 Å². The van der Waals surface area contributed by atoms with E-state index in [1.54, 1.807) is 6.20 Å². The lowest BCUT2D eigenvalue weighted by molar-refractivity contribution is -0.128. The van der Waals surface area contributed by atoms with Gasteiger partial charge in [-0.2, -0.15) is 0 Å². The highest BCUT2D eigenvalue weighted by Gasteiger charge is 2.38. The van der Waals surface area contributed by atoms with Gasteiger partial charge in [0.15, 0.2) is 0 Å². The Hall–Kier alpha value is -2.18. The average molecular weight is 301 g/mol. The molecule has 0 atom stereocenters. The second kappa shape index (κ2) is 6.29. The van der Waals surface area contributed by atoms with E-state index in [0.717, 1.165) is 5.56 Å². The quantitative estimate of drug-likeness (QED) is 0.872. The number of nitrogens with one attached hydrogen (secondary N) is 1. The predicted octanol–water partition coefficient (Wildman–Crippen LogP) is 1.47. The van der Waals surface area contributed by atoms with Gasteiger partial charge in [-0.05, 0) is 25.0 Å². The maximum atomic E-state index is 11.8. The van der Waals surface area contributed by atoms with Gasteiger partial charge < -0.3 is 14.9 Å². The minimum absolute atomic E-state index is 0.349. The molecule has 2 aromatic rings. The van der Waals surface area contributed by atoms with Crippen LogP contribution < -0.4 is 11.1 Å². The van der Waals surface area contributed by atoms with Gasteiger partial charge in [0, 0.05) is 18.8 Å². The van der Waals surface area contributed by atoms with Crippen LogP contribution in [0.5, 0.6) is 0 Å². The highest BCUT2D eigenvalue weighted by Crippen LogP contribution is 2.22. The van der Waals surface area contributed by atoms with Crippen LogP contribution in [0.4, 0.5) is 0 Å². The third-order valence-electron chi connectivity index (χ3n) is 3.99. The molecule has 1 aromatic carbocycles. The van der Waals surface area contributed by atoms with Crippen molar-refractivity contribution in [1.29, 1.82) is 0 Å². The van der Waals surface area contributed by atoms with Crippen LogP contribution >= 0.6 is 0 Å². The van der Waals surface area contributed by atoms with E-state index >= 15 is 0 Å². The first kappa shape index (κ1) is 14.7. The minimum atomic E-state index is -0.724. The van der Waals surface area contributed by atoms with Gasteiger partial charge in [-0.3, -0.25) is 10.1 Å². The Morgan fingerprint density at radius 3 is 2.68 bits per heavy atom. The molecule has 22 heavy (non-hydrogen) atoms. The van der Waals surface area contributed by atoms with E-state index in [9.17, 15) is 4.79 Å². The molecule has 3 rings (SSSR count). The maximum Gasteiger partial charge on any atom is 0.237 e. The van der Waals surface area contributed by atoms with E-state index in [4.69, 9.17) is 14.9 Å². The van der Waals surface area contributed by atoms with Gasteiger partial charge in [-0.25, -0.2) is 4.98 Å². The van der Waals surface area contributed by atoms with Crippen LogP contribution in [-0.2, 0) is 16.1 Å². The van der Waals surface area contributed by atoms with Crippen LogP contribution in [-0.4, -0.2) is 29.6 Å². The van der Waals surface area contributed by atoms with Gasteiger partial charge in [-0.1, -0.05) is 18.2 Å². The standard InChI is InChI=1S/C16H19N3O3/c17-15(20)16(6-8-21-9-7-16)19-11-13-10-18-14(22-13)12-4-2-1-3-5-12/h1-5,10,19H,6-9,11H2,(H2,17,20). The van der Waals surface area contributed by atoms with Gasteiger partial charge in [0.1, 0.15) is 11.3 Å². The topological polar surface area (TPSA) is 90.4 Å². The molecule has 1 aliphatic rings. The molecule has 0 radical (unpaired) electrons. The average Bonchev–Trinajstić information content (AvgIpc) is 3.03. The van der Waals surface area contributed by atoms with Crippen molar-refractivity contribution in [3.05, 3.63) is 42.3 Å². The largest absolute Gasteiger partial charge is 0.440 e. The van der Waals surface area contributed by atoms with Crippen molar-refractivity contribution in [2.75, 3.05) is 13.2 Å². The van der Waals surface area contributed by atoms with Crippen molar-refractivity contribution in [3.8, 4) is 11.5 Å². The van der Waals surface area contributed by atoms with Crippen LogP contribution in [0, 0.1) is 0 Å². The maximum absolute atomic E-state index is 11.8. The molecule has 1 amide bonds. The lowest BCUT2D eigenvalue weighted by atomic mass is 9.89. The summed E-state index contributed by atoms with van der Waals surface area (Å²) in [6.45, 7) is 1.46. The Labute approximate surface area is 128 Å². The molecule has 6 heteroatoms. The number of nitrogens with two attached hydrogens (primary N) is 1. The smallest absolute Gasteiger partial charge is 0.237 e. The number of benzene rings is 1. The molecular weight excluding hydrogens is 282 g/mol. The lowest BCUT2D eigenvalue weighted by Gasteiger charge is -2.34. The number of oxazole rings is 1. The molecule has 0 unspecified atom stereocenters. The summed E-state index contributed by atoms with van der Waals surface area (Å²) in [7, 11) is 0. The molecule has 1 fully saturated rings. The number of carbonyl (C=O) groups is 1. The Bertz CT molecular complexity index is 633. The van der Waals surface area contributed by atoms with Crippen LogP contribution in [0.1, 0.15) is 18.6 Å². The van der Waals surface area contributed by atoms with Crippen LogP contribution in [0.3, 0.4) is 0 Å². The van der Waals surface area contributed by atoms with Crippen LogP contribution in [0.2, 0.25) is 0 Å². The fourth-order valence-corrected chi connectivity index (χ4v) is 2.59. The number of ether oxygens (including phenoxy) is 1. The zero-order chi connectivity index (χ0) is 15.4. The molecule has 2 heterocycles. The molecule has 1 saturated heterocycles. The number of nitrogens with zero attached hydrogens (tertiary/aromatic N) is 1. The summed E-state index contributed by atoms with van der Waals surface area (Å²) in [4.78, 5) is 16.1. The van der Waals surface area contributed by atoms with Crippen molar-refractivity contribution < 1.29 is 13.9 Å². The van der Waals surface area contributed by atoms with Gasteiger partial charge in [0.05, 0.1) is 12.7 Å². The van der Waals surface area contributed by atoms with Crippen molar-refractivity contribution in [3.63, 3.8) is 0 Å². The SMILES string of the molecule is NC(=O)C1(NCc2cnc(-c3ccccc3)o2)CCOCC1. The number of aromatic nitrogens is 1. The molecule has 116 valence electrons. The summed E-state index contributed by atoms with van der Waals surface area (Å²) in [6, 6.07) is 9.68. The normalized spacial score (nSPS) is 17.3. The Morgan fingerprint density at radius 2 is 2.00 bits per heavy atom. The van der Waals surface area contributed by atoms with E-state index < -0.39 is 5.54 Å². The number of hydrogen-bond acceptors (Lipinski definition) is 5. The minimum Gasteiger partial charge on any atom is -0.440 e. The summed E-state index contributed by atoms with van der Waals surface area (Å²) >= 11 is 0. The van der Waals surface area contributed by atoms with Crippen molar-refractivity contribution in [1.82, 2.24) is 10.3 Å². The zero-order valence-electron chi connectivity index (χ0n) is 12.2. The molecule has 0 aliphatic carbocycles. The number of primary amides is 1. The molecule has 1 aromatic heterocycles. The zero-order valence-corrected chi connectivity index (χ0v) is 12.2. The third kappa shape index (κ3) is 3.03. The van der Waals surface area contributed by atoms with Gasteiger partial charge in [0.2, 0.25) is 11.8 Å². The van der Waals surface area contributed by atoms with Crippen molar-refractivity contribution in [2.45, 2.75) is 24.9 Å². The number of rotatable bonds is 5. The highest BCUT2D eigenvalue weighted by atomic mass is 16.5. The summed E-state index contributed by atoms with van der Waals surface area (Å²) in [5, 5.41) is 3.23. The number of carbonyl (C=O) groups excluding carboxylic acids is 1. The molecule has 0 bridgehead atoms. The summed E-state index contributed by atoms with van der Waals surface area (Å²) in [5.74, 6) is 0.891. The molecule has 0 saturated carbocycles. The molecule has 3 N–H and O–H groups in total. The first-order chi connectivity index (χ1) is 10.7. The molecule has 0 spiro atoms. The van der Waals surface area contributed by atoms with E-state index in [-0.39, 0.29) is 5.91 Å². The first-order valence-electron chi connectivity index (χ1n) is 7.32. The van der Waals surface area contributed by atoms with Crippen molar-refractivity contribution in [2.24, 2.45) is 5.73 Å².